The first-order valence-corrected chi connectivity index (χ1v) is 17.0. The second-order valence-corrected chi connectivity index (χ2v) is 11.3. The van der Waals surface area contributed by atoms with Crippen molar-refractivity contribution in [1.29, 1.82) is 0 Å². The van der Waals surface area contributed by atoms with Crippen LogP contribution < -0.4 is 0 Å². The minimum Gasteiger partial charge on any atom is -0.481 e. The van der Waals surface area contributed by atoms with E-state index in [0.717, 1.165) is 57.8 Å². The Morgan fingerprint density at radius 3 is 1.68 bits per heavy atom. The largest absolute Gasteiger partial charge is 0.481 e. The summed E-state index contributed by atoms with van der Waals surface area (Å²) in [5, 5.41) is 8.77. The molecule has 0 saturated carbocycles. The van der Waals surface area contributed by atoms with Crippen LogP contribution >= 0.6 is 0 Å². The van der Waals surface area contributed by atoms with Crippen molar-refractivity contribution in [3.8, 4) is 0 Å². The van der Waals surface area contributed by atoms with Crippen LogP contribution in [0.2, 0.25) is 0 Å². The number of rotatable bonds is 30. The number of allylic oxidation sites excluding steroid dienone is 5. The highest BCUT2D eigenvalue weighted by Crippen LogP contribution is 2.15. The Morgan fingerprint density at radius 2 is 1.05 bits per heavy atom. The van der Waals surface area contributed by atoms with Crippen LogP contribution in [0.3, 0.4) is 0 Å². The summed E-state index contributed by atoms with van der Waals surface area (Å²) < 4.78 is 5.80. The van der Waals surface area contributed by atoms with E-state index in [0.29, 0.717) is 6.42 Å². The Bertz CT molecular complexity index is 649. The van der Waals surface area contributed by atoms with Gasteiger partial charge in [-0.05, 0) is 76.7 Å². The Hall–Kier alpha value is -1.84. The van der Waals surface area contributed by atoms with E-state index in [1.807, 2.05) is 0 Å². The third-order valence-electron chi connectivity index (χ3n) is 7.32. The quantitative estimate of drug-likeness (QED) is 0.0539. The number of hydrogen-bond acceptors (Lipinski definition) is 3. The molecule has 232 valence electrons. The molecule has 4 heteroatoms. The van der Waals surface area contributed by atoms with Crippen molar-refractivity contribution in [2.75, 3.05) is 0 Å². The highest BCUT2D eigenvalue weighted by molar-refractivity contribution is 5.69. The van der Waals surface area contributed by atoms with Crippen LogP contribution in [0, 0.1) is 0 Å². The summed E-state index contributed by atoms with van der Waals surface area (Å²) in [5.74, 6) is -0.802. The van der Waals surface area contributed by atoms with E-state index in [9.17, 15) is 9.59 Å². The van der Waals surface area contributed by atoms with Crippen LogP contribution in [0.4, 0.5) is 0 Å². The lowest BCUT2D eigenvalue weighted by Crippen LogP contribution is -2.16. The molecule has 0 rings (SSSR count). The number of ether oxygens (including phenoxy) is 1. The van der Waals surface area contributed by atoms with Crippen molar-refractivity contribution in [3.63, 3.8) is 0 Å². The first-order chi connectivity index (χ1) is 19.6. The molecule has 0 aliphatic rings. The van der Waals surface area contributed by atoms with E-state index in [1.54, 1.807) is 0 Å². The summed E-state index contributed by atoms with van der Waals surface area (Å²) >= 11 is 0. The van der Waals surface area contributed by atoms with E-state index in [-0.39, 0.29) is 18.5 Å². The SMILES string of the molecule is CCCCC/C=C\C(CCCCCCC(=O)O)OC(=O)CCCCCCCCC/C=C\C/C=C\CCCCCC. The normalized spacial score (nSPS) is 12.7. The molecule has 1 N–H and O–H groups in total. The number of carbonyl (C=O) groups excluding carboxylic acids is 1. The molecule has 0 spiro atoms. The standard InChI is InChI=1S/C36H64O4/c1-3-5-7-9-10-11-12-13-14-15-16-17-18-19-20-21-23-29-33-36(39)40-34(30-26-22-8-6-4-2)31-27-24-25-28-32-35(37)38/h11-12,14-15,26,30,34H,3-10,13,16-25,27-29,31-33H2,1-2H3,(H,37,38)/b12-11-,15-14-,30-26-. The molecule has 4 nitrogen and oxygen atoms in total. The number of esters is 1. The maximum absolute atomic E-state index is 12.4. The second kappa shape index (κ2) is 31.7. The Kier molecular flexibility index (Phi) is 30.2. The fraction of sp³-hybridized carbons (Fsp3) is 0.778. The van der Waals surface area contributed by atoms with Gasteiger partial charge in [0.15, 0.2) is 0 Å². The minimum atomic E-state index is -0.725. The van der Waals surface area contributed by atoms with Gasteiger partial charge in [-0.2, -0.15) is 0 Å². The third-order valence-corrected chi connectivity index (χ3v) is 7.32. The molecule has 0 heterocycles. The molecule has 0 fully saturated rings. The molecule has 40 heavy (non-hydrogen) atoms. The molecule has 0 aliphatic heterocycles. The molecule has 0 aromatic heterocycles. The maximum Gasteiger partial charge on any atom is 0.306 e. The zero-order valence-electron chi connectivity index (χ0n) is 26.4. The zero-order chi connectivity index (χ0) is 29.4. The van der Waals surface area contributed by atoms with Crippen LogP contribution in [0.15, 0.2) is 36.5 Å². The predicted octanol–water partition coefficient (Wildman–Crippen LogP) is 11.4. The number of unbranched alkanes of at least 4 members (excludes halogenated alkanes) is 17. The van der Waals surface area contributed by atoms with Crippen LogP contribution in [-0.2, 0) is 14.3 Å². The molecule has 0 radical (unpaired) electrons. The van der Waals surface area contributed by atoms with Crippen molar-refractivity contribution in [1.82, 2.24) is 0 Å². The molecule has 0 aromatic rings. The Balaban J connectivity index is 3.86. The van der Waals surface area contributed by atoms with E-state index in [4.69, 9.17) is 9.84 Å². The van der Waals surface area contributed by atoms with Gasteiger partial charge in [0.05, 0.1) is 0 Å². The van der Waals surface area contributed by atoms with Crippen molar-refractivity contribution < 1.29 is 19.4 Å². The number of carboxylic acid groups (broad SMARTS) is 1. The first-order valence-electron chi connectivity index (χ1n) is 17.0. The van der Waals surface area contributed by atoms with Gasteiger partial charge < -0.3 is 9.84 Å². The van der Waals surface area contributed by atoms with Gasteiger partial charge in [-0.15, -0.1) is 0 Å². The van der Waals surface area contributed by atoms with E-state index < -0.39 is 5.97 Å². The number of aliphatic carboxylic acids is 1. The van der Waals surface area contributed by atoms with E-state index in [2.05, 4.69) is 50.3 Å². The number of hydrogen-bond donors (Lipinski definition) is 1. The minimum absolute atomic E-state index is 0.0767. The van der Waals surface area contributed by atoms with Crippen LogP contribution in [0.1, 0.15) is 174 Å². The monoisotopic (exact) mass is 560 g/mol. The fourth-order valence-corrected chi connectivity index (χ4v) is 4.77. The summed E-state index contributed by atoms with van der Waals surface area (Å²) in [6.45, 7) is 4.46. The zero-order valence-corrected chi connectivity index (χ0v) is 26.4. The molecular weight excluding hydrogens is 496 g/mol. The lowest BCUT2D eigenvalue weighted by Gasteiger charge is -2.15. The van der Waals surface area contributed by atoms with Gasteiger partial charge in [-0.3, -0.25) is 9.59 Å². The van der Waals surface area contributed by atoms with Crippen molar-refractivity contribution >= 4 is 11.9 Å². The molecule has 0 bridgehead atoms. The summed E-state index contributed by atoms with van der Waals surface area (Å²) in [6.07, 6.45) is 40.3. The molecule has 0 amide bonds. The molecule has 0 aliphatic carbocycles. The lowest BCUT2D eigenvalue weighted by molar-refractivity contribution is -0.147. The second-order valence-electron chi connectivity index (χ2n) is 11.3. The predicted molar refractivity (Wildman–Crippen MR) is 172 cm³/mol. The van der Waals surface area contributed by atoms with Gasteiger partial charge in [0.25, 0.3) is 0 Å². The van der Waals surface area contributed by atoms with Crippen LogP contribution in [0.25, 0.3) is 0 Å². The number of carbonyl (C=O) groups is 2. The van der Waals surface area contributed by atoms with E-state index in [1.165, 1.54) is 89.9 Å². The van der Waals surface area contributed by atoms with Crippen LogP contribution in [-0.4, -0.2) is 23.1 Å². The third kappa shape index (κ3) is 30.7. The smallest absolute Gasteiger partial charge is 0.306 e. The summed E-state index contributed by atoms with van der Waals surface area (Å²) in [6, 6.07) is 0. The summed E-state index contributed by atoms with van der Waals surface area (Å²) in [7, 11) is 0. The first kappa shape index (κ1) is 38.2. The van der Waals surface area contributed by atoms with Gasteiger partial charge in [0.2, 0.25) is 0 Å². The average Bonchev–Trinajstić information content (AvgIpc) is 2.93. The molecular formula is C36H64O4. The van der Waals surface area contributed by atoms with Gasteiger partial charge in [-0.1, -0.05) is 121 Å². The van der Waals surface area contributed by atoms with Crippen molar-refractivity contribution in [2.45, 2.75) is 180 Å². The fourth-order valence-electron chi connectivity index (χ4n) is 4.77. The van der Waals surface area contributed by atoms with Gasteiger partial charge in [0.1, 0.15) is 6.10 Å². The van der Waals surface area contributed by atoms with E-state index >= 15 is 0 Å². The number of carboxylic acids is 1. The molecule has 1 unspecified atom stereocenters. The van der Waals surface area contributed by atoms with Gasteiger partial charge in [0, 0.05) is 12.8 Å². The van der Waals surface area contributed by atoms with Crippen molar-refractivity contribution in [2.24, 2.45) is 0 Å². The molecule has 1 atom stereocenters. The van der Waals surface area contributed by atoms with Crippen molar-refractivity contribution in [3.05, 3.63) is 36.5 Å². The Labute approximate surface area is 248 Å². The highest BCUT2D eigenvalue weighted by Gasteiger charge is 2.11. The van der Waals surface area contributed by atoms with Gasteiger partial charge >= 0.3 is 11.9 Å². The summed E-state index contributed by atoms with van der Waals surface area (Å²) in [5.41, 5.74) is 0. The lowest BCUT2D eigenvalue weighted by atomic mass is 10.1. The van der Waals surface area contributed by atoms with Crippen LogP contribution in [0.5, 0.6) is 0 Å². The molecule has 0 saturated heterocycles. The maximum atomic E-state index is 12.4. The summed E-state index contributed by atoms with van der Waals surface area (Å²) in [4.78, 5) is 23.1. The van der Waals surface area contributed by atoms with Gasteiger partial charge in [-0.25, -0.2) is 0 Å². The highest BCUT2D eigenvalue weighted by atomic mass is 16.5. The Morgan fingerprint density at radius 1 is 0.575 bits per heavy atom. The average molecular weight is 561 g/mol. The molecule has 0 aromatic carbocycles. The topological polar surface area (TPSA) is 63.6 Å².